The number of hydrogen-bond acceptors (Lipinski definition) is 4. The van der Waals surface area contributed by atoms with Crippen LogP contribution in [0.4, 0.5) is 11.5 Å². The van der Waals surface area contributed by atoms with E-state index in [1.54, 1.807) is 19.2 Å². The number of rotatable bonds is 3. The zero-order valence-electron chi connectivity index (χ0n) is 6.98. The zero-order chi connectivity index (χ0) is 9.90. The second-order valence-corrected chi connectivity index (χ2v) is 3.62. The Morgan fingerprint density at radius 1 is 1.46 bits per heavy atom. The number of nitrogens with two attached hydrogens (primary N) is 1. The maximum Gasteiger partial charge on any atom is 0.296 e. The van der Waals surface area contributed by atoms with Gasteiger partial charge in [0.15, 0.2) is 0 Å². The molecule has 0 radical (unpaired) electrons. The van der Waals surface area contributed by atoms with E-state index < -0.39 is 10.2 Å². The fourth-order valence-electron chi connectivity index (χ4n) is 0.766. The van der Waals surface area contributed by atoms with Crippen LogP contribution in [-0.4, -0.2) is 20.4 Å². The fourth-order valence-corrected chi connectivity index (χ4v) is 1.22. The molecule has 0 saturated carbocycles. The highest BCUT2D eigenvalue weighted by Crippen LogP contribution is 2.09. The van der Waals surface area contributed by atoms with Crippen molar-refractivity contribution in [2.75, 3.05) is 17.1 Å². The van der Waals surface area contributed by atoms with Gasteiger partial charge in [-0.25, -0.2) is 10.1 Å². The van der Waals surface area contributed by atoms with Crippen LogP contribution in [0.15, 0.2) is 18.3 Å². The van der Waals surface area contributed by atoms with Gasteiger partial charge in [-0.05, 0) is 12.1 Å². The van der Waals surface area contributed by atoms with Crippen LogP contribution in [0.25, 0.3) is 0 Å². The first kappa shape index (κ1) is 9.75. The van der Waals surface area contributed by atoms with Gasteiger partial charge in [-0.2, -0.15) is 8.42 Å². The Bertz CT molecular complexity index is 372. The normalized spacial score (nSPS) is 10.9. The lowest BCUT2D eigenvalue weighted by Gasteiger charge is -2.03. The lowest BCUT2D eigenvalue weighted by Crippen LogP contribution is -2.21. The summed E-state index contributed by atoms with van der Waals surface area (Å²) in [5, 5.41) is 7.55. The van der Waals surface area contributed by atoms with Crippen LogP contribution < -0.4 is 15.2 Å². The van der Waals surface area contributed by atoms with Crippen LogP contribution >= 0.6 is 0 Å². The molecular weight excluding hydrogens is 192 g/mol. The van der Waals surface area contributed by atoms with Crippen LogP contribution in [0.1, 0.15) is 0 Å². The van der Waals surface area contributed by atoms with E-state index in [9.17, 15) is 8.42 Å². The van der Waals surface area contributed by atoms with Crippen LogP contribution in [0.5, 0.6) is 0 Å². The molecule has 0 aromatic carbocycles. The van der Waals surface area contributed by atoms with Gasteiger partial charge < -0.3 is 5.32 Å². The summed E-state index contributed by atoms with van der Waals surface area (Å²) in [6, 6.07) is 3.19. The summed E-state index contributed by atoms with van der Waals surface area (Å²) in [5.74, 6) is 0.653. The minimum Gasteiger partial charge on any atom is -0.373 e. The van der Waals surface area contributed by atoms with Crippen LogP contribution in [-0.2, 0) is 10.2 Å². The molecule has 4 N–H and O–H groups in total. The Morgan fingerprint density at radius 2 is 2.15 bits per heavy atom. The Hall–Kier alpha value is -1.34. The molecule has 72 valence electrons. The summed E-state index contributed by atoms with van der Waals surface area (Å²) in [5.41, 5.74) is 0.335. The molecule has 0 bridgehead atoms. The third-order valence-electron chi connectivity index (χ3n) is 1.28. The first-order chi connectivity index (χ1) is 6.01. The lowest BCUT2D eigenvalue weighted by molar-refractivity contribution is 0.603. The highest BCUT2D eigenvalue weighted by molar-refractivity contribution is 7.90. The molecule has 1 rings (SSSR count). The summed E-state index contributed by atoms with van der Waals surface area (Å²) in [7, 11) is -1.99. The second-order valence-electron chi connectivity index (χ2n) is 2.33. The fraction of sp³-hybridized carbons (Fsp3) is 0.167. The summed E-state index contributed by atoms with van der Waals surface area (Å²) >= 11 is 0. The number of aromatic nitrogens is 1. The van der Waals surface area contributed by atoms with Crippen molar-refractivity contribution in [1.29, 1.82) is 0 Å². The van der Waals surface area contributed by atoms with E-state index in [1.165, 1.54) is 6.20 Å². The van der Waals surface area contributed by atoms with Gasteiger partial charge in [-0.1, -0.05) is 0 Å². The number of hydrogen-bond donors (Lipinski definition) is 3. The second kappa shape index (κ2) is 3.58. The minimum atomic E-state index is -3.71. The van der Waals surface area contributed by atoms with E-state index >= 15 is 0 Å². The predicted molar refractivity (Wildman–Crippen MR) is 50.5 cm³/mol. The number of pyridine rings is 1. The van der Waals surface area contributed by atoms with Crippen molar-refractivity contribution in [3.63, 3.8) is 0 Å². The SMILES string of the molecule is CNc1ccc(NS(N)(=O)=O)cn1. The molecule has 0 aliphatic carbocycles. The Morgan fingerprint density at radius 3 is 2.54 bits per heavy atom. The molecule has 0 aliphatic heterocycles. The molecule has 0 atom stereocenters. The minimum absolute atomic E-state index is 0.335. The van der Waals surface area contributed by atoms with Gasteiger partial charge in [-0.15, -0.1) is 0 Å². The third-order valence-corrected chi connectivity index (χ3v) is 1.80. The van der Waals surface area contributed by atoms with Crippen molar-refractivity contribution in [2.45, 2.75) is 0 Å². The molecule has 0 aliphatic rings. The van der Waals surface area contributed by atoms with Crippen molar-refractivity contribution in [2.24, 2.45) is 5.14 Å². The van der Waals surface area contributed by atoms with E-state index in [2.05, 4.69) is 15.0 Å². The molecular formula is C6H10N4O2S. The molecule has 7 heteroatoms. The molecule has 6 nitrogen and oxygen atoms in total. The van der Waals surface area contributed by atoms with Crippen molar-refractivity contribution in [3.05, 3.63) is 18.3 Å². The average Bonchev–Trinajstić information content (AvgIpc) is 2.03. The zero-order valence-corrected chi connectivity index (χ0v) is 7.80. The van der Waals surface area contributed by atoms with Crippen LogP contribution in [0.2, 0.25) is 0 Å². The first-order valence-electron chi connectivity index (χ1n) is 3.45. The maximum atomic E-state index is 10.6. The van der Waals surface area contributed by atoms with E-state index in [0.29, 0.717) is 11.5 Å². The van der Waals surface area contributed by atoms with Crippen molar-refractivity contribution < 1.29 is 8.42 Å². The molecule has 1 aromatic rings. The van der Waals surface area contributed by atoms with Crippen LogP contribution in [0, 0.1) is 0 Å². The molecule has 0 saturated heterocycles. The summed E-state index contributed by atoms with van der Waals surface area (Å²) in [4.78, 5) is 3.89. The molecule has 1 heterocycles. The van der Waals surface area contributed by atoms with Gasteiger partial charge in [0.1, 0.15) is 5.82 Å². The van der Waals surface area contributed by atoms with E-state index in [1.807, 2.05) is 0 Å². The van der Waals surface area contributed by atoms with Gasteiger partial charge in [0.2, 0.25) is 0 Å². The highest BCUT2D eigenvalue weighted by atomic mass is 32.2. The monoisotopic (exact) mass is 202 g/mol. The highest BCUT2D eigenvalue weighted by Gasteiger charge is 2.01. The Balaban J connectivity index is 2.81. The summed E-state index contributed by atoms with van der Waals surface area (Å²) in [6.07, 6.45) is 1.37. The van der Waals surface area contributed by atoms with Gasteiger partial charge in [0.25, 0.3) is 10.2 Å². The van der Waals surface area contributed by atoms with Crippen molar-refractivity contribution in [1.82, 2.24) is 4.98 Å². The molecule has 0 fully saturated rings. The Labute approximate surface area is 76.4 Å². The average molecular weight is 202 g/mol. The number of nitrogens with one attached hydrogen (secondary N) is 2. The smallest absolute Gasteiger partial charge is 0.296 e. The largest absolute Gasteiger partial charge is 0.373 e. The summed E-state index contributed by atoms with van der Waals surface area (Å²) < 4.78 is 23.2. The van der Waals surface area contributed by atoms with E-state index in [-0.39, 0.29) is 0 Å². The predicted octanol–water partition coefficient (Wildman–Crippen LogP) is -0.261. The number of anilines is 2. The molecule has 0 spiro atoms. The Kier molecular flexibility index (Phi) is 2.69. The van der Waals surface area contributed by atoms with Gasteiger partial charge >= 0.3 is 0 Å². The van der Waals surface area contributed by atoms with Crippen molar-refractivity contribution >= 4 is 21.7 Å². The van der Waals surface area contributed by atoms with Crippen LogP contribution in [0.3, 0.4) is 0 Å². The van der Waals surface area contributed by atoms with Gasteiger partial charge in [0.05, 0.1) is 11.9 Å². The standard InChI is InChI=1S/C6H10N4O2S/c1-8-6-3-2-5(4-9-6)10-13(7,11)12/h2-4,10H,1H3,(H,8,9)(H2,7,11,12). The number of nitrogens with zero attached hydrogens (tertiary/aromatic N) is 1. The van der Waals surface area contributed by atoms with E-state index in [0.717, 1.165) is 0 Å². The third kappa shape index (κ3) is 3.26. The summed E-state index contributed by atoms with van der Waals surface area (Å²) in [6.45, 7) is 0. The van der Waals surface area contributed by atoms with Crippen molar-refractivity contribution in [3.8, 4) is 0 Å². The maximum absolute atomic E-state index is 10.6. The first-order valence-corrected chi connectivity index (χ1v) is 5.00. The molecule has 1 aromatic heterocycles. The topological polar surface area (TPSA) is 97.1 Å². The molecule has 13 heavy (non-hydrogen) atoms. The van der Waals surface area contributed by atoms with Gasteiger partial charge in [-0.3, -0.25) is 4.72 Å². The lowest BCUT2D eigenvalue weighted by atomic mass is 10.4. The van der Waals surface area contributed by atoms with Gasteiger partial charge in [0, 0.05) is 7.05 Å². The molecule has 0 unspecified atom stereocenters. The molecule has 0 amide bonds. The quantitative estimate of drug-likeness (QED) is 0.629. The van der Waals surface area contributed by atoms with E-state index in [4.69, 9.17) is 5.14 Å².